The summed E-state index contributed by atoms with van der Waals surface area (Å²) in [5.74, 6) is 0.657. The standard InChI is InChI=1S/C20H19FO/c1-4-17-13(2)19(18-9-8-15(21)12-20(17)18)11-14-6-5-7-16(10-14)22-3/h5-12H,4H2,1-3H3/b19-11-. The molecule has 0 heterocycles. The molecule has 0 radical (unpaired) electrons. The molecular formula is C20H19FO. The average Bonchev–Trinajstić information content (AvgIpc) is 2.78. The number of fused-ring (bicyclic) bond motifs is 1. The fourth-order valence-corrected chi connectivity index (χ4v) is 3.11. The van der Waals surface area contributed by atoms with Gasteiger partial charge in [-0.25, -0.2) is 4.39 Å². The molecule has 1 nitrogen and oxygen atoms in total. The molecule has 0 spiro atoms. The minimum Gasteiger partial charge on any atom is -0.497 e. The molecule has 2 heteroatoms. The van der Waals surface area contributed by atoms with E-state index in [1.807, 2.05) is 24.3 Å². The Morgan fingerprint density at radius 1 is 1.09 bits per heavy atom. The zero-order valence-electron chi connectivity index (χ0n) is 13.1. The van der Waals surface area contributed by atoms with Crippen LogP contribution in [0.4, 0.5) is 4.39 Å². The highest BCUT2D eigenvalue weighted by molar-refractivity contribution is 6.05. The Hall–Kier alpha value is -2.35. The number of methoxy groups -OCH3 is 1. The molecule has 0 unspecified atom stereocenters. The molecule has 1 aliphatic carbocycles. The lowest BCUT2D eigenvalue weighted by Crippen LogP contribution is -1.87. The summed E-state index contributed by atoms with van der Waals surface area (Å²) in [5, 5.41) is 0. The monoisotopic (exact) mass is 294 g/mol. The summed E-state index contributed by atoms with van der Waals surface area (Å²) < 4.78 is 18.9. The van der Waals surface area contributed by atoms with Gasteiger partial charge in [-0.15, -0.1) is 0 Å². The van der Waals surface area contributed by atoms with Gasteiger partial charge in [0.15, 0.2) is 0 Å². The fraction of sp³-hybridized carbons (Fsp3) is 0.200. The zero-order valence-corrected chi connectivity index (χ0v) is 13.1. The number of ether oxygens (including phenoxy) is 1. The van der Waals surface area contributed by atoms with E-state index in [1.165, 1.54) is 22.8 Å². The van der Waals surface area contributed by atoms with Crippen molar-refractivity contribution in [2.24, 2.45) is 0 Å². The smallest absolute Gasteiger partial charge is 0.123 e. The summed E-state index contributed by atoms with van der Waals surface area (Å²) in [4.78, 5) is 0. The minimum absolute atomic E-state index is 0.180. The van der Waals surface area contributed by atoms with Gasteiger partial charge in [-0.3, -0.25) is 0 Å². The van der Waals surface area contributed by atoms with Crippen molar-refractivity contribution in [3.8, 4) is 5.75 Å². The fourth-order valence-electron chi connectivity index (χ4n) is 3.11. The van der Waals surface area contributed by atoms with Crippen LogP contribution in [-0.4, -0.2) is 7.11 Å². The Bertz CT molecular complexity index is 784. The van der Waals surface area contributed by atoms with Crippen LogP contribution in [0.3, 0.4) is 0 Å². The van der Waals surface area contributed by atoms with E-state index >= 15 is 0 Å². The molecule has 0 aromatic heterocycles. The predicted octanol–water partition coefficient (Wildman–Crippen LogP) is 5.57. The third kappa shape index (κ3) is 2.45. The van der Waals surface area contributed by atoms with Crippen molar-refractivity contribution in [1.82, 2.24) is 0 Å². The van der Waals surface area contributed by atoms with E-state index in [0.717, 1.165) is 28.9 Å². The first-order chi connectivity index (χ1) is 10.6. The lowest BCUT2D eigenvalue weighted by atomic mass is 10.0. The number of rotatable bonds is 3. The first kappa shape index (κ1) is 14.6. The van der Waals surface area contributed by atoms with Crippen molar-refractivity contribution in [3.05, 3.63) is 70.5 Å². The first-order valence-corrected chi connectivity index (χ1v) is 7.50. The second kappa shape index (κ2) is 5.80. The second-order valence-electron chi connectivity index (χ2n) is 5.48. The number of halogens is 1. The third-order valence-electron chi connectivity index (χ3n) is 4.21. The molecule has 1 aliphatic rings. The molecule has 2 aromatic carbocycles. The van der Waals surface area contributed by atoms with E-state index in [0.29, 0.717) is 0 Å². The molecule has 0 bridgehead atoms. The summed E-state index contributed by atoms with van der Waals surface area (Å²) in [5.41, 5.74) is 6.84. The maximum absolute atomic E-state index is 13.6. The van der Waals surface area contributed by atoms with Crippen LogP contribution in [0, 0.1) is 5.82 Å². The number of hydrogen-bond donors (Lipinski definition) is 0. The Morgan fingerprint density at radius 3 is 2.64 bits per heavy atom. The largest absolute Gasteiger partial charge is 0.497 e. The van der Waals surface area contributed by atoms with E-state index in [-0.39, 0.29) is 5.82 Å². The van der Waals surface area contributed by atoms with Gasteiger partial charge < -0.3 is 4.74 Å². The van der Waals surface area contributed by atoms with Crippen molar-refractivity contribution < 1.29 is 9.13 Å². The van der Waals surface area contributed by atoms with Gasteiger partial charge >= 0.3 is 0 Å². The van der Waals surface area contributed by atoms with E-state index in [4.69, 9.17) is 4.74 Å². The Kier molecular flexibility index (Phi) is 3.84. The summed E-state index contributed by atoms with van der Waals surface area (Å²) >= 11 is 0. The van der Waals surface area contributed by atoms with Gasteiger partial charge in [-0.1, -0.05) is 25.1 Å². The molecular weight excluding hydrogens is 275 g/mol. The second-order valence-corrected chi connectivity index (χ2v) is 5.48. The molecule has 0 saturated heterocycles. The summed E-state index contributed by atoms with van der Waals surface area (Å²) in [6.07, 6.45) is 3.05. The quantitative estimate of drug-likeness (QED) is 0.719. The van der Waals surface area contributed by atoms with Gasteiger partial charge in [0.25, 0.3) is 0 Å². The van der Waals surface area contributed by atoms with Gasteiger partial charge in [0.05, 0.1) is 7.11 Å². The third-order valence-corrected chi connectivity index (χ3v) is 4.21. The van der Waals surface area contributed by atoms with E-state index in [2.05, 4.69) is 26.0 Å². The van der Waals surface area contributed by atoms with Crippen molar-refractivity contribution in [2.45, 2.75) is 20.3 Å². The summed E-state index contributed by atoms with van der Waals surface area (Å²) in [6.45, 7) is 4.23. The zero-order chi connectivity index (χ0) is 15.7. The molecule has 0 N–H and O–H groups in total. The minimum atomic E-state index is -0.180. The van der Waals surface area contributed by atoms with Gasteiger partial charge in [-0.05, 0) is 77.1 Å². The van der Waals surface area contributed by atoms with Crippen LogP contribution < -0.4 is 4.74 Å². The van der Waals surface area contributed by atoms with Crippen molar-refractivity contribution in [2.75, 3.05) is 7.11 Å². The molecule has 2 aromatic rings. The van der Waals surface area contributed by atoms with E-state index < -0.39 is 0 Å². The van der Waals surface area contributed by atoms with E-state index in [9.17, 15) is 4.39 Å². The van der Waals surface area contributed by atoms with Crippen LogP contribution in [0.25, 0.3) is 17.2 Å². The van der Waals surface area contributed by atoms with Crippen LogP contribution in [0.2, 0.25) is 0 Å². The van der Waals surface area contributed by atoms with Gasteiger partial charge in [0, 0.05) is 0 Å². The van der Waals surface area contributed by atoms with Crippen molar-refractivity contribution in [1.29, 1.82) is 0 Å². The normalized spacial score (nSPS) is 15.4. The first-order valence-electron chi connectivity index (χ1n) is 7.50. The van der Waals surface area contributed by atoms with Gasteiger partial charge in [0.1, 0.15) is 11.6 Å². The Morgan fingerprint density at radius 2 is 1.91 bits per heavy atom. The van der Waals surface area contributed by atoms with Crippen LogP contribution in [0.1, 0.15) is 37.0 Å². The number of hydrogen-bond acceptors (Lipinski definition) is 1. The lowest BCUT2D eigenvalue weighted by molar-refractivity contribution is 0.414. The highest BCUT2D eigenvalue weighted by Gasteiger charge is 2.22. The predicted molar refractivity (Wildman–Crippen MR) is 90.2 cm³/mol. The molecule has 3 rings (SSSR count). The van der Waals surface area contributed by atoms with Crippen LogP contribution in [0.5, 0.6) is 5.75 Å². The van der Waals surface area contributed by atoms with Crippen LogP contribution >= 0.6 is 0 Å². The van der Waals surface area contributed by atoms with Crippen molar-refractivity contribution in [3.63, 3.8) is 0 Å². The molecule has 0 atom stereocenters. The number of benzene rings is 2. The summed E-state index contributed by atoms with van der Waals surface area (Å²) in [7, 11) is 1.67. The highest BCUT2D eigenvalue weighted by Crippen LogP contribution is 2.43. The molecule has 0 amide bonds. The summed E-state index contributed by atoms with van der Waals surface area (Å²) in [6, 6.07) is 13.0. The molecule has 0 saturated carbocycles. The maximum Gasteiger partial charge on any atom is 0.123 e. The van der Waals surface area contributed by atoms with Crippen LogP contribution in [0.15, 0.2) is 48.0 Å². The molecule has 22 heavy (non-hydrogen) atoms. The lowest BCUT2D eigenvalue weighted by Gasteiger charge is -2.05. The Balaban J connectivity index is 2.15. The van der Waals surface area contributed by atoms with E-state index in [1.54, 1.807) is 13.2 Å². The van der Waals surface area contributed by atoms with Gasteiger partial charge in [-0.2, -0.15) is 0 Å². The topological polar surface area (TPSA) is 9.23 Å². The molecule has 112 valence electrons. The SMILES string of the molecule is CCC1=C(C)/C(=C/c2cccc(OC)c2)c2ccc(F)cc21. The molecule has 0 fully saturated rings. The number of allylic oxidation sites excluding steroid dienone is 3. The highest BCUT2D eigenvalue weighted by atomic mass is 19.1. The maximum atomic E-state index is 13.6. The van der Waals surface area contributed by atoms with Gasteiger partial charge in [0.2, 0.25) is 0 Å². The molecule has 0 aliphatic heterocycles. The van der Waals surface area contributed by atoms with Crippen LogP contribution in [-0.2, 0) is 0 Å². The average molecular weight is 294 g/mol. The van der Waals surface area contributed by atoms with Crippen molar-refractivity contribution >= 4 is 17.2 Å². The Labute approximate surface area is 130 Å².